The maximum absolute atomic E-state index is 12.1. The predicted octanol–water partition coefficient (Wildman–Crippen LogP) is 2.77. The number of esters is 1. The Kier molecular flexibility index (Phi) is 2.79. The Hall–Kier alpha value is -1.61. The predicted molar refractivity (Wildman–Crippen MR) is 64.2 cm³/mol. The van der Waals surface area contributed by atoms with E-state index in [0.29, 0.717) is 6.42 Å². The molecule has 90 valence electrons. The highest BCUT2D eigenvalue weighted by Gasteiger charge is 2.54. The number of ether oxygens (including phenoxy) is 2. The third kappa shape index (κ3) is 1.98. The molecule has 1 saturated heterocycles. The zero-order valence-electron chi connectivity index (χ0n) is 10.1. The molecule has 0 saturated carbocycles. The molecular formula is C14H16O3. The minimum atomic E-state index is -1.05. The van der Waals surface area contributed by atoms with Crippen molar-refractivity contribution in [2.75, 3.05) is 0 Å². The van der Waals surface area contributed by atoms with Gasteiger partial charge >= 0.3 is 5.97 Å². The van der Waals surface area contributed by atoms with E-state index in [1.807, 2.05) is 30.3 Å². The SMILES string of the molecule is C=CCC1(c2ccccc2)OC(C)(C)OC1=O. The van der Waals surface area contributed by atoms with Crippen LogP contribution in [-0.2, 0) is 19.9 Å². The van der Waals surface area contributed by atoms with Gasteiger partial charge in [-0.25, -0.2) is 4.79 Å². The van der Waals surface area contributed by atoms with Crippen LogP contribution >= 0.6 is 0 Å². The van der Waals surface area contributed by atoms with E-state index < -0.39 is 11.4 Å². The van der Waals surface area contributed by atoms with Gasteiger partial charge in [0.2, 0.25) is 5.79 Å². The van der Waals surface area contributed by atoms with E-state index in [4.69, 9.17) is 9.47 Å². The Bertz CT molecular complexity index is 436. The molecule has 0 spiro atoms. The summed E-state index contributed by atoms with van der Waals surface area (Å²) in [6.45, 7) is 7.16. The molecule has 1 aliphatic rings. The lowest BCUT2D eigenvalue weighted by molar-refractivity contribution is -0.167. The number of hydrogen-bond acceptors (Lipinski definition) is 3. The standard InChI is InChI=1S/C14H16O3/c1-4-10-14(11-8-6-5-7-9-11)12(15)16-13(2,3)17-14/h4-9H,1,10H2,2-3H3. The van der Waals surface area contributed by atoms with E-state index in [1.165, 1.54) is 0 Å². The van der Waals surface area contributed by atoms with Crippen LogP contribution in [0.1, 0.15) is 25.8 Å². The van der Waals surface area contributed by atoms with Crippen molar-refractivity contribution in [2.24, 2.45) is 0 Å². The van der Waals surface area contributed by atoms with Crippen LogP contribution in [0.25, 0.3) is 0 Å². The van der Waals surface area contributed by atoms with Gasteiger partial charge in [0.1, 0.15) is 0 Å². The summed E-state index contributed by atoms with van der Waals surface area (Å²) >= 11 is 0. The van der Waals surface area contributed by atoms with Crippen molar-refractivity contribution >= 4 is 5.97 Å². The summed E-state index contributed by atoms with van der Waals surface area (Å²) < 4.78 is 11.1. The molecule has 1 aliphatic heterocycles. The molecule has 0 bridgehead atoms. The van der Waals surface area contributed by atoms with Gasteiger partial charge < -0.3 is 9.47 Å². The summed E-state index contributed by atoms with van der Waals surface area (Å²) in [5, 5.41) is 0. The van der Waals surface area contributed by atoms with Crippen LogP contribution in [-0.4, -0.2) is 11.8 Å². The lowest BCUT2D eigenvalue weighted by Gasteiger charge is -2.25. The number of benzene rings is 1. The minimum Gasteiger partial charge on any atom is -0.431 e. The molecule has 0 radical (unpaired) electrons. The molecule has 17 heavy (non-hydrogen) atoms. The van der Waals surface area contributed by atoms with Crippen LogP contribution in [0.15, 0.2) is 43.0 Å². The second kappa shape index (κ2) is 4.00. The smallest absolute Gasteiger partial charge is 0.346 e. The minimum absolute atomic E-state index is 0.353. The fourth-order valence-corrected chi connectivity index (χ4v) is 2.12. The van der Waals surface area contributed by atoms with E-state index in [9.17, 15) is 4.79 Å². The monoisotopic (exact) mass is 232 g/mol. The average molecular weight is 232 g/mol. The molecule has 0 aromatic heterocycles. The molecule has 1 aromatic carbocycles. The fraction of sp³-hybridized carbons (Fsp3) is 0.357. The first kappa shape index (κ1) is 11.9. The van der Waals surface area contributed by atoms with Gasteiger partial charge in [0.15, 0.2) is 5.60 Å². The molecule has 1 fully saturated rings. The van der Waals surface area contributed by atoms with E-state index in [-0.39, 0.29) is 5.97 Å². The van der Waals surface area contributed by atoms with E-state index in [2.05, 4.69) is 6.58 Å². The molecule has 1 heterocycles. The molecule has 0 N–H and O–H groups in total. The van der Waals surface area contributed by atoms with Crippen LogP contribution in [0.5, 0.6) is 0 Å². The van der Waals surface area contributed by atoms with Gasteiger partial charge in [0, 0.05) is 20.3 Å². The van der Waals surface area contributed by atoms with Crippen LogP contribution in [0, 0.1) is 0 Å². The van der Waals surface area contributed by atoms with Gasteiger partial charge in [-0.3, -0.25) is 0 Å². The topological polar surface area (TPSA) is 35.5 Å². The quantitative estimate of drug-likeness (QED) is 0.593. The first-order valence-electron chi connectivity index (χ1n) is 5.60. The maximum Gasteiger partial charge on any atom is 0.346 e. The Morgan fingerprint density at radius 3 is 2.41 bits per heavy atom. The highest BCUT2D eigenvalue weighted by atomic mass is 16.8. The van der Waals surface area contributed by atoms with Gasteiger partial charge in [0.25, 0.3) is 0 Å². The largest absolute Gasteiger partial charge is 0.431 e. The van der Waals surface area contributed by atoms with Crippen LogP contribution in [0.3, 0.4) is 0 Å². The number of rotatable bonds is 3. The molecule has 1 aromatic rings. The van der Waals surface area contributed by atoms with Crippen molar-refractivity contribution in [1.29, 1.82) is 0 Å². The summed E-state index contributed by atoms with van der Waals surface area (Å²) in [5.41, 5.74) is -0.248. The molecule has 0 aliphatic carbocycles. The Labute approximate surface area is 101 Å². The third-order valence-electron chi connectivity index (χ3n) is 2.76. The highest BCUT2D eigenvalue weighted by Crippen LogP contribution is 2.42. The Morgan fingerprint density at radius 2 is 1.94 bits per heavy atom. The number of carbonyl (C=O) groups excluding carboxylic acids is 1. The van der Waals surface area contributed by atoms with E-state index >= 15 is 0 Å². The molecule has 2 rings (SSSR count). The molecule has 3 heteroatoms. The van der Waals surface area contributed by atoms with E-state index in [1.54, 1.807) is 19.9 Å². The summed E-state index contributed by atoms with van der Waals surface area (Å²) in [6, 6.07) is 9.39. The van der Waals surface area contributed by atoms with Crippen LogP contribution in [0.4, 0.5) is 0 Å². The maximum atomic E-state index is 12.1. The first-order valence-corrected chi connectivity index (χ1v) is 5.60. The summed E-state index contributed by atoms with van der Waals surface area (Å²) in [7, 11) is 0. The molecule has 1 atom stereocenters. The van der Waals surface area contributed by atoms with Crippen molar-refractivity contribution in [2.45, 2.75) is 31.7 Å². The molecule has 3 nitrogen and oxygen atoms in total. The number of cyclic esters (lactones) is 1. The number of carbonyl (C=O) groups is 1. The van der Waals surface area contributed by atoms with Crippen molar-refractivity contribution in [3.05, 3.63) is 48.6 Å². The second-order valence-electron chi connectivity index (χ2n) is 4.58. The normalized spacial score (nSPS) is 26.6. The molecule has 1 unspecified atom stereocenters. The van der Waals surface area contributed by atoms with Gasteiger partial charge in [0.05, 0.1) is 0 Å². The van der Waals surface area contributed by atoms with Gasteiger partial charge in [-0.05, 0) is 5.56 Å². The second-order valence-corrected chi connectivity index (χ2v) is 4.58. The first-order chi connectivity index (χ1) is 8.00. The highest BCUT2D eigenvalue weighted by molar-refractivity contribution is 5.83. The van der Waals surface area contributed by atoms with Gasteiger partial charge in [-0.1, -0.05) is 36.4 Å². The molecule has 0 amide bonds. The Balaban J connectivity index is 2.48. The average Bonchev–Trinajstić information content (AvgIpc) is 2.51. The summed E-state index contributed by atoms with van der Waals surface area (Å²) in [4.78, 5) is 12.1. The lowest BCUT2D eigenvalue weighted by atomic mass is 9.90. The van der Waals surface area contributed by atoms with Crippen molar-refractivity contribution in [3.8, 4) is 0 Å². The fourth-order valence-electron chi connectivity index (χ4n) is 2.12. The molecular weight excluding hydrogens is 216 g/mol. The van der Waals surface area contributed by atoms with Gasteiger partial charge in [-0.2, -0.15) is 0 Å². The van der Waals surface area contributed by atoms with Crippen molar-refractivity contribution in [1.82, 2.24) is 0 Å². The van der Waals surface area contributed by atoms with Crippen molar-refractivity contribution in [3.63, 3.8) is 0 Å². The van der Waals surface area contributed by atoms with Crippen LogP contribution < -0.4 is 0 Å². The summed E-state index contributed by atoms with van der Waals surface area (Å²) in [6.07, 6.45) is 2.08. The third-order valence-corrected chi connectivity index (χ3v) is 2.76. The van der Waals surface area contributed by atoms with Crippen LogP contribution in [0.2, 0.25) is 0 Å². The van der Waals surface area contributed by atoms with E-state index in [0.717, 1.165) is 5.56 Å². The Morgan fingerprint density at radius 1 is 1.29 bits per heavy atom. The zero-order valence-corrected chi connectivity index (χ0v) is 10.1. The zero-order chi connectivity index (χ0) is 12.5. The summed E-state index contributed by atoms with van der Waals surface area (Å²) in [5.74, 6) is -1.25. The van der Waals surface area contributed by atoms with Gasteiger partial charge in [-0.15, -0.1) is 6.58 Å². The van der Waals surface area contributed by atoms with Crippen molar-refractivity contribution < 1.29 is 14.3 Å². The number of hydrogen-bond donors (Lipinski definition) is 0. The lowest BCUT2D eigenvalue weighted by Crippen LogP contribution is -2.34.